The van der Waals surface area contributed by atoms with E-state index in [4.69, 9.17) is 4.74 Å². The largest absolute Gasteiger partial charge is 0.379 e. The van der Waals surface area contributed by atoms with Gasteiger partial charge in [-0.2, -0.15) is 0 Å². The number of nitrogens with one attached hydrogen (secondary N) is 2. The second-order valence-corrected chi connectivity index (χ2v) is 4.51. The number of ether oxygens (including phenoxy) is 1. The van der Waals surface area contributed by atoms with Crippen molar-refractivity contribution in [2.75, 3.05) is 59.0 Å². The Hall–Kier alpha value is -0.690. The lowest BCUT2D eigenvalue weighted by molar-refractivity contribution is -0.129. The molecular formula is C11H22N4O2. The molecule has 98 valence electrons. The molecule has 2 aliphatic rings. The lowest BCUT2D eigenvalue weighted by atomic mass is 10.4. The van der Waals surface area contributed by atoms with E-state index in [1.807, 2.05) is 5.01 Å². The van der Waals surface area contributed by atoms with Crippen LogP contribution in [-0.2, 0) is 9.53 Å². The molecule has 0 aromatic carbocycles. The summed E-state index contributed by atoms with van der Waals surface area (Å²) in [6, 6.07) is 0. The maximum atomic E-state index is 11.8. The van der Waals surface area contributed by atoms with Gasteiger partial charge in [0.05, 0.1) is 19.8 Å². The van der Waals surface area contributed by atoms with Gasteiger partial charge in [0.15, 0.2) is 0 Å². The highest BCUT2D eigenvalue weighted by atomic mass is 16.5. The van der Waals surface area contributed by atoms with Gasteiger partial charge in [-0.05, 0) is 19.5 Å². The van der Waals surface area contributed by atoms with Crippen LogP contribution in [0.1, 0.15) is 6.42 Å². The van der Waals surface area contributed by atoms with Gasteiger partial charge in [0.1, 0.15) is 0 Å². The van der Waals surface area contributed by atoms with E-state index in [0.717, 1.165) is 45.7 Å². The highest BCUT2D eigenvalue weighted by Crippen LogP contribution is 1.96. The predicted octanol–water partition coefficient (Wildman–Crippen LogP) is -1.35. The second-order valence-electron chi connectivity index (χ2n) is 4.51. The highest BCUT2D eigenvalue weighted by molar-refractivity contribution is 5.77. The van der Waals surface area contributed by atoms with Crippen LogP contribution in [0.15, 0.2) is 0 Å². The van der Waals surface area contributed by atoms with Crippen LogP contribution in [-0.4, -0.2) is 74.8 Å². The maximum absolute atomic E-state index is 11.8. The number of hydrazine groups is 1. The van der Waals surface area contributed by atoms with Crippen molar-refractivity contribution in [3.05, 3.63) is 0 Å². The zero-order chi connectivity index (χ0) is 11.9. The number of nitrogens with zero attached hydrogens (tertiary/aromatic N) is 2. The Balaban J connectivity index is 1.68. The number of morpholine rings is 1. The van der Waals surface area contributed by atoms with Crippen molar-refractivity contribution in [1.82, 2.24) is 20.7 Å². The minimum Gasteiger partial charge on any atom is -0.379 e. The Morgan fingerprint density at radius 1 is 1.18 bits per heavy atom. The smallest absolute Gasteiger partial charge is 0.248 e. The summed E-state index contributed by atoms with van der Waals surface area (Å²) >= 11 is 0. The second kappa shape index (κ2) is 6.90. The third kappa shape index (κ3) is 4.59. The number of rotatable bonds is 3. The predicted molar refractivity (Wildman–Crippen MR) is 64.5 cm³/mol. The molecule has 2 N–H and O–H groups in total. The first kappa shape index (κ1) is 12.8. The fourth-order valence-electron chi connectivity index (χ4n) is 2.15. The minimum absolute atomic E-state index is 0.0915. The van der Waals surface area contributed by atoms with E-state index in [1.165, 1.54) is 0 Å². The number of hydrogen-bond donors (Lipinski definition) is 2. The summed E-state index contributed by atoms with van der Waals surface area (Å²) in [4.78, 5) is 14.0. The van der Waals surface area contributed by atoms with E-state index in [9.17, 15) is 4.79 Å². The van der Waals surface area contributed by atoms with Gasteiger partial charge in [-0.3, -0.25) is 15.1 Å². The van der Waals surface area contributed by atoms with Crippen molar-refractivity contribution in [2.24, 2.45) is 0 Å². The molecule has 2 fully saturated rings. The SMILES string of the molecule is O=C(CN1CCCNCC1)NN1CCOCC1. The zero-order valence-corrected chi connectivity index (χ0v) is 10.3. The van der Waals surface area contributed by atoms with E-state index in [2.05, 4.69) is 15.6 Å². The van der Waals surface area contributed by atoms with Crippen molar-refractivity contribution < 1.29 is 9.53 Å². The first-order valence-corrected chi connectivity index (χ1v) is 6.40. The molecule has 17 heavy (non-hydrogen) atoms. The molecule has 2 heterocycles. The number of carbonyl (C=O) groups excluding carboxylic acids is 1. The third-order valence-electron chi connectivity index (χ3n) is 3.09. The Kier molecular flexibility index (Phi) is 5.18. The standard InChI is InChI=1S/C11H22N4O2/c16-11(13-15-6-8-17-9-7-15)10-14-4-1-2-12-3-5-14/h12H,1-10H2,(H,13,16). The summed E-state index contributed by atoms with van der Waals surface area (Å²) in [7, 11) is 0. The topological polar surface area (TPSA) is 56.8 Å². The van der Waals surface area contributed by atoms with E-state index in [0.29, 0.717) is 19.8 Å². The van der Waals surface area contributed by atoms with Crippen LogP contribution in [0.5, 0.6) is 0 Å². The molecule has 1 amide bonds. The molecular weight excluding hydrogens is 220 g/mol. The molecule has 0 aromatic rings. The molecule has 0 aromatic heterocycles. The summed E-state index contributed by atoms with van der Waals surface area (Å²) in [5.41, 5.74) is 2.94. The molecule has 2 saturated heterocycles. The molecule has 0 unspecified atom stereocenters. The van der Waals surface area contributed by atoms with Gasteiger partial charge in [-0.15, -0.1) is 0 Å². The van der Waals surface area contributed by atoms with Gasteiger partial charge in [-0.1, -0.05) is 0 Å². The first-order valence-electron chi connectivity index (χ1n) is 6.40. The summed E-state index contributed by atoms with van der Waals surface area (Å²) in [5, 5.41) is 5.28. The maximum Gasteiger partial charge on any atom is 0.248 e. The molecule has 0 saturated carbocycles. The summed E-state index contributed by atoms with van der Waals surface area (Å²) in [6.07, 6.45) is 1.12. The molecule has 6 nitrogen and oxygen atoms in total. The molecule has 6 heteroatoms. The van der Waals surface area contributed by atoms with Crippen LogP contribution in [0.25, 0.3) is 0 Å². The van der Waals surface area contributed by atoms with Crippen LogP contribution in [0.4, 0.5) is 0 Å². The van der Waals surface area contributed by atoms with Crippen molar-refractivity contribution in [1.29, 1.82) is 0 Å². The molecule has 2 aliphatic heterocycles. The van der Waals surface area contributed by atoms with Crippen LogP contribution in [0.3, 0.4) is 0 Å². The van der Waals surface area contributed by atoms with Crippen molar-refractivity contribution in [3.8, 4) is 0 Å². The first-order chi connectivity index (χ1) is 8.34. The monoisotopic (exact) mass is 242 g/mol. The lowest BCUT2D eigenvalue weighted by Gasteiger charge is -2.28. The Morgan fingerprint density at radius 2 is 2.00 bits per heavy atom. The minimum atomic E-state index is 0.0915. The van der Waals surface area contributed by atoms with Crippen LogP contribution < -0.4 is 10.7 Å². The lowest BCUT2D eigenvalue weighted by Crippen LogP contribution is -2.51. The number of amides is 1. The van der Waals surface area contributed by atoms with E-state index < -0.39 is 0 Å². The van der Waals surface area contributed by atoms with E-state index in [1.54, 1.807) is 0 Å². The molecule has 0 atom stereocenters. The fraction of sp³-hybridized carbons (Fsp3) is 0.909. The Morgan fingerprint density at radius 3 is 2.82 bits per heavy atom. The summed E-state index contributed by atoms with van der Waals surface area (Å²) in [6.45, 7) is 7.47. The average molecular weight is 242 g/mol. The highest BCUT2D eigenvalue weighted by Gasteiger charge is 2.16. The number of hydrogen-bond acceptors (Lipinski definition) is 5. The third-order valence-corrected chi connectivity index (χ3v) is 3.09. The van der Waals surface area contributed by atoms with E-state index >= 15 is 0 Å². The molecule has 0 radical (unpaired) electrons. The fourth-order valence-corrected chi connectivity index (χ4v) is 2.15. The summed E-state index contributed by atoms with van der Waals surface area (Å²) in [5.74, 6) is 0.0915. The van der Waals surface area contributed by atoms with Gasteiger partial charge in [0.25, 0.3) is 0 Å². The zero-order valence-electron chi connectivity index (χ0n) is 10.3. The van der Waals surface area contributed by atoms with Crippen LogP contribution in [0.2, 0.25) is 0 Å². The quantitative estimate of drug-likeness (QED) is 0.640. The van der Waals surface area contributed by atoms with Gasteiger partial charge in [0, 0.05) is 26.2 Å². The normalized spacial score (nSPS) is 24.2. The van der Waals surface area contributed by atoms with Crippen LogP contribution in [0, 0.1) is 0 Å². The molecule has 0 spiro atoms. The van der Waals surface area contributed by atoms with Crippen molar-refractivity contribution in [3.63, 3.8) is 0 Å². The number of carbonyl (C=O) groups is 1. The Bertz CT molecular complexity index is 236. The van der Waals surface area contributed by atoms with Gasteiger partial charge in [0.2, 0.25) is 5.91 Å². The van der Waals surface area contributed by atoms with Gasteiger partial charge in [-0.25, -0.2) is 5.01 Å². The Labute approximate surface area is 102 Å². The van der Waals surface area contributed by atoms with E-state index in [-0.39, 0.29) is 5.91 Å². The molecule has 2 rings (SSSR count). The molecule has 0 aliphatic carbocycles. The van der Waals surface area contributed by atoms with Gasteiger partial charge >= 0.3 is 0 Å². The summed E-state index contributed by atoms with van der Waals surface area (Å²) < 4.78 is 5.24. The van der Waals surface area contributed by atoms with Crippen molar-refractivity contribution in [2.45, 2.75) is 6.42 Å². The molecule has 0 bridgehead atoms. The van der Waals surface area contributed by atoms with Gasteiger partial charge < -0.3 is 10.1 Å². The van der Waals surface area contributed by atoms with Crippen LogP contribution >= 0.6 is 0 Å². The van der Waals surface area contributed by atoms with Crippen molar-refractivity contribution >= 4 is 5.91 Å². The average Bonchev–Trinajstić information content (AvgIpc) is 2.59.